The molecule has 1 heterocycles. The summed E-state index contributed by atoms with van der Waals surface area (Å²) in [6.45, 7) is 12.7. The highest BCUT2D eigenvalue weighted by Crippen LogP contribution is 2.16. The summed E-state index contributed by atoms with van der Waals surface area (Å²) >= 11 is 0. The molecule has 0 spiro atoms. The number of aliphatic hydroxyl groups is 1. The van der Waals surface area contributed by atoms with Gasteiger partial charge in [0.2, 0.25) is 0 Å². The second kappa shape index (κ2) is 7.79. The quantitative estimate of drug-likeness (QED) is 0.731. The number of aryl methyl sites for hydroxylation is 2. The maximum atomic E-state index is 9.57. The van der Waals surface area contributed by atoms with Crippen LogP contribution in [0.2, 0.25) is 0 Å². The molecule has 116 valence electrons. The van der Waals surface area contributed by atoms with E-state index >= 15 is 0 Å². The maximum absolute atomic E-state index is 9.57. The fraction of sp³-hybridized carbons (Fsp3) is 0.812. The molecule has 0 bridgehead atoms. The Hall–Kier alpha value is -0.870. The van der Waals surface area contributed by atoms with Gasteiger partial charge in [-0.2, -0.15) is 5.10 Å². The van der Waals surface area contributed by atoms with E-state index in [0.717, 1.165) is 44.5 Å². The van der Waals surface area contributed by atoms with Crippen molar-refractivity contribution in [2.24, 2.45) is 0 Å². The number of nitrogens with one attached hydrogen (secondary N) is 1. The van der Waals surface area contributed by atoms with Crippen LogP contribution in [-0.2, 0) is 13.0 Å². The van der Waals surface area contributed by atoms with Crippen molar-refractivity contribution in [2.45, 2.75) is 72.4 Å². The first kappa shape index (κ1) is 17.2. The van der Waals surface area contributed by atoms with E-state index in [1.165, 1.54) is 11.3 Å². The molecular formula is C16H31N3O. The summed E-state index contributed by atoms with van der Waals surface area (Å²) in [5.74, 6) is 0. The van der Waals surface area contributed by atoms with E-state index < -0.39 is 0 Å². The van der Waals surface area contributed by atoms with Gasteiger partial charge in [0.1, 0.15) is 0 Å². The first-order chi connectivity index (χ1) is 9.47. The Morgan fingerprint density at radius 2 is 2.00 bits per heavy atom. The number of aromatic nitrogens is 2. The van der Waals surface area contributed by atoms with Gasteiger partial charge in [-0.25, -0.2) is 0 Å². The third-order valence-corrected chi connectivity index (χ3v) is 4.13. The molecule has 1 aromatic heterocycles. The average Bonchev–Trinajstić information content (AvgIpc) is 2.71. The number of nitrogens with zero attached hydrogens (tertiary/aromatic N) is 2. The molecule has 0 amide bonds. The molecule has 1 rings (SSSR count). The Bertz CT molecular complexity index is 414. The van der Waals surface area contributed by atoms with E-state index in [1.807, 2.05) is 0 Å². The van der Waals surface area contributed by atoms with E-state index in [1.54, 1.807) is 0 Å². The van der Waals surface area contributed by atoms with Crippen molar-refractivity contribution in [3.05, 3.63) is 17.0 Å². The summed E-state index contributed by atoms with van der Waals surface area (Å²) in [7, 11) is 0. The number of rotatable bonds is 9. The van der Waals surface area contributed by atoms with Crippen LogP contribution in [0, 0.1) is 13.8 Å². The Morgan fingerprint density at radius 3 is 2.50 bits per heavy atom. The molecule has 1 aromatic rings. The van der Waals surface area contributed by atoms with E-state index in [0.29, 0.717) is 0 Å². The van der Waals surface area contributed by atoms with Crippen LogP contribution >= 0.6 is 0 Å². The predicted molar refractivity (Wildman–Crippen MR) is 84.1 cm³/mol. The van der Waals surface area contributed by atoms with Crippen molar-refractivity contribution < 1.29 is 5.11 Å². The summed E-state index contributed by atoms with van der Waals surface area (Å²) in [4.78, 5) is 0. The summed E-state index contributed by atoms with van der Waals surface area (Å²) in [5, 5.41) is 17.6. The first-order valence-corrected chi connectivity index (χ1v) is 7.86. The van der Waals surface area contributed by atoms with Crippen molar-refractivity contribution >= 4 is 0 Å². The van der Waals surface area contributed by atoms with Gasteiger partial charge in [-0.1, -0.05) is 13.8 Å². The molecule has 0 saturated carbocycles. The zero-order chi connectivity index (χ0) is 15.2. The molecule has 0 aliphatic rings. The van der Waals surface area contributed by atoms with Gasteiger partial charge in [0, 0.05) is 17.8 Å². The van der Waals surface area contributed by atoms with Crippen LogP contribution in [0.3, 0.4) is 0 Å². The van der Waals surface area contributed by atoms with Crippen LogP contribution in [-0.4, -0.2) is 33.6 Å². The lowest BCUT2D eigenvalue weighted by molar-refractivity contribution is 0.162. The Balaban J connectivity index is 2.55. The molecule has 0 fully saturated rings. The number of hydrogen-bond acceptors (Lipinski definition) is 3. The molecule has 0 aromatic carbocycles. The van der Waals surface area contributed by atoms with Gasteiger partial charge >= 0.3 is 0 Å². The first-order valence-electron chi connectivity index (χ1n) is 7.86. The minimum absolute atomic E-state index is 0.167. The van der Waals surface area contributed by atoms with E-state index in [-0.39, 0.29) is 12.1 Å². The molecule has 0 saturated heterocycles. The van der Waals surface area contributed by atoms with Crippen LogP contribution in [0.4, 0.5) is 0 Å². The second-order valence-electron chi connectivity index (χ2n) is 5.98. The van der Waals surface area contributed by atoms with Gasteiger partial charge in [0.25, 0.3) is 0 Å². The summed E-state index contributed by atoms with van der Waals surface area (Å²) < 4.78 is 2.12. The third kappa shape index (κ3) is 4.32. The monoisotopic (exact) mass is 281 g/mol. The molecule has 0 aliphatic carbocycles. The van der Waals surface area contributed by atoms with Gasteiger partial charge in [-0.05, 0) is 58.6 Å². The summed E-state index contributed by atoms with van der Waals surface area (Å²) in [6.07, 6.45) is 4.12. The SMILES string of the molecule is CCCNC(C)(CO)CCCn1nc(C)c(CC)c1C. The largest absolute Gasteiger partial charge is 0.394 e. The van der Waals surface area contributed by atoms with Crippen LogP contribution in [0.5, 0.6) is 0 Å². The summed E-state index contributed by atoms with van der Waals surface area (Å²) in [5.41, 5.74) is 3.65. The fourth-order valence-corrected chi connectivity index (χ4v) is 2.73. The van der Waals surface area contributed by atoms with Gasteiger partial charge in [-0.3, -0.25) is 4.68 Å². The van der Waals surface area contributed by atoms with Crippen molar-refractivity contribution in [2.75, 3.05) is 13.2 Å². The molecule has 1 atom stereocenters. The van der Waals surface area contributed by atoms with Gasteiger partial charge in [0.05, 0.1) is 12.3 Å². The van der Waals surface area contributed by atoms with Crippen LogP contribution < -0.4 is 5.32 Å². The second-order valence-corrected chi connectivity index (χ2v) is 5.98. The van der Waals surface area contributed by atoms with Crippen LogP contribution in [0.1, 0.15) is 57.0 Å². The molecule has 2 N–H and O–H groups in total. The zero-order valence-electron chi connectivity index (χ0n) is 13.8. The predicted octanol–water partition coefficient (Wildman–Crippen LogP) is 2.59. The fourth-order valence-electron chi connectivity index (χ4n) is 2.73. The lowest BCUT2D eigenvalue weighted by Gasteiger charge is -2.29. The third-order valence-electron chi connectivity index (χ3n) is 4.13. The molecule has 20 heavy (non-hydrogen) atoms. The van der Waals surface area contributed by atoms with Gasteiger partial charge in [-0.15, -0.1) is 0 Å². The minimum Gasteiger partial charge on any atom is -0.394 e. The maximum Gasteiger partial charge on any atom is 0.0628 e. The van der Waals surface area contributed by atoms with Crippen molar-refractivity contribution in [3.63, 3.8) is 0 Å². The molecule has 1 unspecified atom stereocenters. The average molecular weight is 281 g/mol. The standard InChI is InChI=1S/C16H31N3O/c1-6-10-17-16(5,12-20)9-8-11-19-14(4)15(7-2)13(3)18-19/h17,20H,6-12H2,1-5H3. The molecule has 4 nitrogen and oxygen atoms in total. The highest BCUT2D eigenvalue weighted by molar-refractivity contribution is 5.24. The normalized spacial score (nSPS) is 14.5. The Labute approximate surface area is 123 Å². The molecule has 0 radical (unpaired) electrons. The molecule has 0 aliphatic heterocycles. The Morgan fingerprint density at radius 1 is 1.30 bits per heavy atom. The molecular weight excluding hydrogens is 250 g/mol. The molecule has 4 heteroatoms. The smallest absolute Gasteiger partial charge is 0.0628 e. The van der Waals surface area contributed by atoms with Gasteiger partial charge < -0.3 is 10.4 Å². The Kier molecular flexibility index (Phi) is 6.69. The van der Waals surface area contributed by atoms with Crippen molar-refractivity contribution in [1.82, 2.24) is 15.1 Å². The highest BCUT2D eigenvalue weighted by atomic mass is 16.3. The van der Waals surface area contributed by atoms with E-state index in [4.69, 9.17) is 0 Å². The van der Waals surface area contributed by atoms with Crippen molar-refractivity contribution in [1.29, 1.82) is 0 Å². The van der Waals surface area contributed by atoms with Crippen molar-refractivity contribution in [3.8, 4) is 0 Å². The highest BCUT2D eigenvalue weighted by Gasteiger charge is 2.21. The number of hydrogen-bond donors (Lipinski definition) is 2. The van der Waals surface area contributed by atoms with Gasteiger partial charge in [0.15, 0.2) is 0 Å². The van der Waals surface area contributed by atoms with Crippen LogP contribution in [0.25, 0.3) is 0 Å². The lowest BCUT2D eigenvalue weighted by atomic mass is 9.96. The minimum atomic E-state index is -0.167. The van der Waals surface area contributed by atoms with E-state index in [2.05, 4.69) is 49.7 Å². The zero-order valence-corrected chi connectivity index (χ0v) is 13.8. The van der Waals surface area contributed by atoms with Crippen LogP contribution in [0.15, 0.2) is 0 Å². The lowest BCUT2D eigenvalue weighted by Crippen LogP contribution is -2.46. The summed E-state index contributed by atoms with van der Waals surface area (Å²) in [6, 6.07) is 0. The number of aliphatic hydroxyl groups excluding tert-OH is 1. The topological polar surface area (TPSA) is 50.1 Å². The van der Waals surface area contributed by atoms with E-state index in [9.17, 15) is 5.11 Å².